The largest absolute Gasteiger partial charge is 0.497 e. The molecule has 0 heterocycles. The van der Waals surface area contributed by atoms with Crippen LogP contribution in [0.5, 0.6) is 5.75 Å². The van der Waals surface area contributed by atoms with Crippen LogP contribution in [0.3, 0.4) is 0 Å². The van der Waals surface area contributed by atoms with Crippen molar-refractivity contribution in [2.45, 2.75) is 0 Å². The van der Waals surface area contributed by atoms with Gasteiger partial charge in [-0.25, -0.2) is 4.39 Å². The maximum Gasteiger partial charge on any atom is 0.249 e. The van der Waals surface area contributed by atoms with E-state index in [1.54, 1.807) is 30.3 Å². The Morgan fingerprint density at radius 2 is 2.00 bits per heavy atom. The van der Waals surface area contributed by atoms with Crippen LogP contribution < -0.4 is 10.5 Å². The Hall–Kier alpha value is -1.88. The molecule has 0 fully saturated rings. The summed E-state index contributed by atoms with van der Waals surface area (Å²) in [4.78, 5) is 11.3. The standard InChI is InChI=1S/C14H11BrFNO2/c1-19-9-3-4-10(13(16)7-9)8-2-5-12(15)11(6-8)14(17)18/h2-7H,1H3,(H2,17,18). The number of ether oxygens (including phenoxy) is 1. The second-order valence-corrected chi connectivity index (χ2v) is 4.76. The fourth-order valence-electron chi connectivity index (χ4n) is 1.74. The van der Waals surface area contributed by atoms with Gasteiger partial charge in [-0.2, -0.15) is 0 Å². The lowest BCUT2D eigenvalue weighted by Crippen LogP contribution is -2.11. The van der Waals surface area contributed by atoms with Gasteiger partial charge in [-0.15, -0.1) is 0 Å². The monoisotopic (exact) mass is 323 g/mol. The molecule has 2 aromatic rings. The van der Waals surface area contributed by atoms with Crippen LogP contribution >= 0.6 is 15.9 Å². The predicted octanol–water partition coefficient (Wildman–Crippen LogP) is 3.36. The Balaban J connectivity index is 2.53. The van der Waals surface area contributed by atoms with Crippen LogP contribution in [-0.2, 0) is 0 Å². The van der Waals surface area contributed by atoms with Crippen LogP contribution in [-0.4, -0.2) is 13.0 Å². The highest BCUT2D eigenvalue weighted by atomic mass is 79.9. The summed E-state index contributed by atoms with van der Waals surface area (Å²) in [6.45, 7) is 0. The van der Waals surface area contributed by atoms with E-state index in [0.29, 0.717) is 26.9 Å². The number of hydrogen-bond donors (Lipinski definition) is 1. The quantitative estimate of drug-likeness (QED) is 0.941. The molecule has 98 valence electrons. The molecule has 2 rings (SSSR count). The van der Waals surface area contributed by atoms with Gasteiger partial charge < -0.3 is 10.5 Å². The molecule has 19 heavy (non-hydrogen) atoms. The van der Waals surface area contributed by atoms with Gasteiger partial charge in [-0.05, 0) is 45.8 Å². The van der Waals surface area contributed by atoms with Gasteiger partial charge >= 0.3 is 0 Å². The highest BCUT2D eigenvalue weighted by Gasteiger charge is 2.11. The third kappa shape index (κ3) is 2.76. The van der Waals surface area contributed by atoms with E-state index in [0.717, 1.165) is 0 Å². The number of methoxy groups -OCH3 is 1. The summed E-state index contributed by atoms with van der Waals surface area (Å²) >= 11 is 3.23. The van der Waals surface area contributed by atoms with Crippen LogP contribution in [0.25, 0.3) is 11.1 Å². The molecule has 0 atom stereocenters. The highest BCUT2D eigenvalue weighted by molar-refractivity contribution is 9.10. The zero-order valence-electron chi connectivity index (χ0n) is 10.1. The van der Waals surface area contributed by atoms with Crippen molar-refractivity contribution in [1.29, 1.82) is 0 Å². The number of benzene rings is 2. The fourth-order valence-corrected chi connectivity index (χ4v) is 2.18. The van der Waals surface area contributed by atoms with E-state index in [-0.39, 0.29) is 0 Å². The van der Waals surface area contributed by atoms with Gasteiger partial charge in [0.05, 0.1) is 12.7 Å². The third-order valence-corrected chi connectivity index (χ3v) is 3.41. The molecule has 0 saturated heterocycles. The molecule has 0 aliphatic heterocycles. The normalized spacial score (nSPS) is 10.3. The number of carbonyl (C=O) groups excluding carboxylic acids is 1. The third-order valence-electron chi connectivity index (χ3n) is 2.72. The van der Waals surface area contributed by atoms with Crippen molar-refractivity contribution in [3.05, 3.63) is 52.3 Å². The first-order chi connectivity index (χ1) is 9.02. The first-order valence-electron chi connectivity index (χ1n) is 5.46. The lowest BCUT2D eigenvalue weighted by atomic mass is 10.0. The van der Waals surface area contributed by atoms with Crippen molar-refractivity contribution in [2.75, 3.05) is 7.11 Å². The molecular formula is C14H11BrFNO2. The average Bonchev–Trinajstić information content (AvgIpc) is 2.39. The molecule has 0 spiro atoms. The summed E-state index contributed by atoms with van der Waals surface area (Å²) in [5, 5.41) is 0. The van der Waals surface area contributed by atoms with Crippen LogP contribution in [0.2, 0.25) is 0 Å². The smallest absolute Gasteiger partial charge is 0.249 e. The number of carbonyl (C=O) groups is 1. The van der Waals surface area contributed by atoms with Crippen LogP contribution in [0.15, 0.2) is 40.9 Å². The molecule has 0 aliphatic rings. The topological polar surface area (TPSA) is 52.3 Å². The number of primary amides is 1. The minimum absolute atomic E-state index is 0.313. The molecule has 0 unspecified atom stereocenters. The molecule has 2 aromatic carbocycles. The lowest BCUT2D eigenvalue weighted by Gasteiger charge is -2.08. The number of nitrogens with two attached hydrogens (primary N) is 1. The number of rotatable bonds is 3. The summed E-state index contributed by atoms with van der Waals surface area (Å²) in [6.07, 6.45) is 0. The lowest BCUT2D eigenvalue weighted by molar-refractivity contribution is 0.0999. The molecule has 3 nitrogen and oxygen atoms in total. The molecule has 0 saturated carbocycles. The Morgan fingerprint density at radius 1 is 1.26 bits per heavy atom. The molecule has 0 aliphatic carbocycles. The first kappa shape index (κ1) is 13.5. The second-order valence-electron chi connectivity index (χ2n) is 3.90. The van der Waals surface area contributed by atoms with Crippen molar-refractivity contribution >= 4 is 21.8 Å². The van der Waals surface area contributed by atoms with Crippen LogP contribution in [0.4, 0.5) is 4.39 Å². The van der Waals surface area contributed by atoms with Crippen molar-refractivity contribution in [3.8, 4) is 16.9 Å². The molecule has 0 radical (unpaired) electrons. The highest BCUT2D eigenvalue weighted by Crippen LogP contribution is 2.29. The summed E-state index contributed by atoms with van der Waals surface area (Å²) in [5.74, 6) is -0.548. The van der Waals surface area contributed by atoms with E-state index in [2.05, 4.69) is 15.9 Å². The van der Waals surface area contributed by atoms with Gasteiger partial charge in [-0.3, -0.25) is 4.79 Å². The Morgan fingerprint density at radius 3 is 2.58 bits per heavy atom. The van der Waals surface area contributed by atoms with E-state index in [9.17, 15) is 9.18 Å². The van der Waals surface area contributed by atoms with E-state index in [1.807, 2.05) is 0 Å². The van der Waals surface area contributed by atoms with Crippen LogP contribution in [0.1, 0.15) is 10.4 Å². The summed E-state index contributed by atoms with van der Waals surface area (Å²) < 4.78 is 19.5. The summed E-state index contributed by atoms with van der Waals surface area (Å²) in [5.41, 5.74) is 6.54. The molecule has 0 bridgehead atoms. The van der Waals surface area contributed by atoms with Gasteiger partial charge in [0.25, 0.3) is 0 Å². The van der Waals surface area contributed by atoms with Crippen molar-refractivity contribution < 1.29 is 13.9 Å². The minimum atomic E-state index is -0.567. The Bertz CT molecular complexity index is 643. The van der Waals surface area contributed by atoms with Gasteiger partial charge in [0.1, 0.15) is 11.6 Å². The van der Waals surface area contributed by atoms with Crippen molar-refractivity contribution in [2.24, 2.45) is 5.73 Å². The number of amides is 1. The molecule has 2 N–H and O–H groups in total. The maximum atomic E-state index is 13.9. The van der Waals surface area contributed by atoms with Crippen molar-refractivity contribution in [3.63, 3.8) is 0 Å². The molecule has 1 amide bonds. The van der Waals surface area contributed by atoms with Gasteiger partial charge in [0.2, 0.25) is 5.91 Å². The number of halogens is 2. The van der Waals surface area contributed by atoms with E-state index in [4.69, 9.17) is 10.5 Å². The van der Waals surface area contributed by atoms with E-state index < -0.39 is 11.7 Å². The number of hydrogen-bond acceptors (Lipinski definition) is 2. The molecule has 5 heteroatoms. The zero-order valence-corrected chi connectivity index (χ0v) is 11.7. The molecule has 0 aromatic heterocycles. The van der Waals surface area contributed by atoms with Gasteiger partial charge in [-0.1, -0.05) is 6.07 Å². The first-order valence-corrected chi connectivity index (χ1v) is 6.25. The van der Waals surface area contributed by atoms with Gasteiger partial charge in [0.15, 0.2) is 0 Å². The summed E-state index contributed by atoms with van der Waals surface area (Å²) in [7, 11) is 1.47. The second kappa shape index (κ2) is 5.40. The Labute approximate surface area is 118 Å². The minimum Gasteiger partial charge on any atom is -0.497 e. The fraction of sp³-hybridized carbons (Fsp3) is 0.0714. The van der Waals surface area contributed by atoms with Crippen molar-refractivity contribution in [1.82, 2.24) is 0 Å². The summed E-state index contributed by atoms with van der Waals surface area (Å²) in [6, 6.07) is 9.48. The van der Waals surface area contributed by atoms with Crippen LogP contribution in [0, 0.1) is 5.82 Å². The van der Waals surface area contributed by atoms with E-state index >= 15 is 0 Å². The average molecular weight is 324 g/mol. The zero-order chi connectivity index (χ0) is 14.0. The molecular weight excluding hydrogens is 313 g/mol. The predicted molar refractivity (Wildman–Crippen MR) is 74.6 cm³/mol. The van der Waals surface area contributed by atoms with Gasteiger partial charge in [0, 0.05) is 16.1 Å². The van der Waals surface area contributed by atoms with E-state index in [1.165, 1.54) is 13.2 Å². The maximum absolute atomic E-state index is 13.9. The SMILES string of the molecule is COc1ccc(-c2ccc(Br)c(C(N)=O)c2)c(F)c1. The Kier molecular flexibility index (Phi) is 3.85.